The Hall–Kier alpha value is -3.33. The number of aromatic nitrogens is 5. The summed E-state index contributed by atoms with van der Waals surface area (Å²) >= 11 is 1.60. The van der Waals surface area contributed by atoms with Crippen LogP contribution in [-0.4, -0.2) is 61.7 Å². The normalized spacial score (nSPS) is 14.5. The number of pyridine rings is 1. The Morgan fingerprint density at radius 3 is 2.62 bits per heavy atom. The molecule has 0 N–H and O–H groups in total. The van der Waals surface area contributed by atoms with E-state index in [0.29, 0.717) is 25.2 Å². The number of thiazole rings is 1. The van der Waals surface area contributed by atoms with Crippen LogP contribution in [0.15, 0.2) is 55.2 Å². The molecule has 1 aromatic carbocycles. The van der Waals surface area contributed by atoms with Crippen LogP contribution in [0, 0.1) is 0 Å². The molecule has 8 nitrogen and oxygen atoms in total. The highest BCUT2D eigenvalue weighted by Crippen LogP contribution is 2.27. The summed E-state index contributed by atoms with van der Waals surface area (Å²) in [4.78, 5) is 30.9. The number of piperazine rings is 1. The first-order valence-corrected chi connectivity index (χ1v) is 10.2. The van der Waals surface area contributed by atoms with Crippen molar-refractivity contribution < 1.29 is 4.79 Å². The van der Waals surface area contributed by atoms with Crippen molar-refractivity contribution in [3.63, 3.8) is 0 Å². The highest BCUT2D eigenvalue weighted by molar-refractivity contribution is 7.21. The molecule has 29 heavy (non-hydrogen) atoms. The fourth-order valence-electron chi connectivity index (χ4n) is 3.43. The number of nitrogens with zero attached hydrogens (tertiary/aromatic N) is 7. The summed E-state index contributed by atoms with van der Waals surface area (Å²) in [7, 11) is 0. The molecule has 0 spiro atoms. The van der Waals surface area contributed by atoms with E-state index in [1.54, 1.807) is 28.5 Å². The van der Waals surface area contributed by atoms with Gasteiger partial charge < -0.3 is 9.80 Å². The van der Waals surface area contributed by atoms with E-state index in [-0.39, 0.29) is 5.91 Å². The first kappa shape index (κ1) is 17.7. The van der Waals surface area contributed by atoms with Crippen LogP contribution in [0.1, 0.15) is 15.9 Å². The molecule has 5 rings (SSSR count). The van der Waals surface area contributed by atoms with Gasteiger partial charge in [0.1, 0.15) is 23.0 Å². The third-order valence-corrected chi connectivity index (χ3v) is 6.04. The average molecular weight is 405 g/mol. The van der Waals surface area contributed by atoms with Crippen molar-refractivity contribution in [2.45, 2.75) is 6.54 Å². The summed E-state index contributed by atoms with van der Waals surface area (Å²) in [6.07, 6.45) is 4.99. The smallest absolute Gasteiger partial charge is 0.253 e. The van der Waals surface area contributed by atoms with Crippen LogP contribution >= 0.6 is 11.3 Å². The zero-order chi connectivity index (χ0) is 19.6. The van der Waals surface area contributed by atoms with Gasteiger partial charge in [0.05, 0.1) is 6.54 Å². The van der Waals surface area contributed by atoms with Crippen LogP contribution in [0.3, 0.4) is 0 Å². The van der Waals surface area contributed by atoms with Gasteiger partial charge in [0.15, 0.2) is 5.13 Å². The molecule has 0 atom stereocenters. The number of benzene rings is 1. The first-order chi connectivity index (χ1) is 14.3. The molecule has 3 aromatic heterocycles. The molecular formula is C20H19N7OS. The number of anilines is 1. The maximum atomic E-state index is 12.9. The summed E-state index contributed by atoms with van der Waals surface area (Å²) in [6, 6.07) is 11.6. The summed E-state index contributed by atoms with van der Waals surface area (Å²) in [5, 5.41) is 5.08. The van der Waals surface area contributed by atoms with E-state index < -0.39 is 0 Å². The minimum Gasteiger partial charge on any atom is -0.344 e. The van der Waals surface area contributed by atoms with Crippen LogP contribution < -0.4 is 4.90 Å². The topological polar surface area (TPSA) is 80.0 Å². The molecule has 9 heteroatoms. The fourth-order valence-corrected chi connectivity index (χ4v) is 4.39. The van der Waals surface area contributed by atoms with Gasteiger partial charge in [-0.05, 0) is 29.8 Å². The van der Waals surface area contributed by atoms with E-state index in [9.17, 15) is 4.79 Å². The first-order valence-electron chi connectivity index (χ1n) is 9.43. The van der Waals surface area contributed by atoms with E-state index in [0.717, 1.165) is 34.1 Å². The van der Waals surface area contributed by atoms with E-state index in [1.165, 1.54) is 6.33 Å². The molecule has 0 radical (unpaired) electrons. The quantitative estimate of drug-likeness (QED) is 0.518. The molecule has 1 amide bonds. The molecule has 1 aliphatic heterocycles. The third-order valence-electron chi connectivity index (χ3n) is 5.00. The molecule has 1 saturated heterocycles. The van der Waals surface area contributed by atoms with E-state index >= 15 is 0 Å². The van der Waals surface area contributed by atoms with E-state index in [4.69, 9.17) is 0 Å². The maximum Gasteiger partial charge on any atom is 0.253 e. The minimum atomic E-state index is 0.0722. The lowest BCUT2D eigenvalue weighted by Gasteiger charge is -2.34. The van der Waals surface area contributed by atoms with Crippen LogP contribution in [0.5, 0.6) is 0 Å². The van der Waals surface area contributed by atoms with Crippen LogP contribution in [0.25, 0.3) is 10.3 Å². The lowest BCUT2D eigenvalue weighted by atomic mass is 10.1. The van der Waals surface area contributed by atoms with Gasteiger partial charge in [0.25, 0.3) is 5.91 Å². The van der Waals surface area contributed by atoms with Crippen LogP contribution in [-0.2, 0) is 6.54 Å². The number of fused-ring (bicyclic) bond motifs is 1. The second-order valence-corrected chi connectivity index (χ2v) is 7.85. The SMILES string of the molecule is O=C(c1ccc(Cn2cncn2)cc1)N1CCN(c2nc3cccnc3s2)CC1. The Labute approximate surface area is 171 Å². The Kier molecular flexibility index (Phi) is 4.65. The van der Waals surface area contributed by atoms with Gasteiger partial charge in [-0.1, -0.05) is 23.5 Å². The lowest BCUT2D eigenvalue weighted by molar-refractivity contribution is 0.0747. The average Bonchev–Trinajstić information content (AvgIpc) is 3.43. The zero-order valence-electron chi connectivity index (χ0n) is 15.7. The molecule has 4 aromatic rings. The lowest BCUT2D eigenvalue weighted by Crippen LogP contribution is -2.48. The molecule has 1 aliphatic rings. The monoisotopic (exact) mass is 405 g/mol. The standard InChI is InChI=1S/C20H19N7OS/c28-19(16-5-3-15(4-6-16)12-27-14-21-13-23-27)25-8-10-26(11-9-25)20-24-17-2-1-7-22-18(17)29-20/h1-7,13-14H,8-12H2. The molecule has 0 bridgehead atoms. The van der Waals surface area contributed by atoms with Gasteiger partial charge in [0.2, 0.25) is 0 Å². The van der Waals surface area contributed by atoms with Gasteiger partial charge in [-0.25, -0.2) is 19.6 Å². The molecule has 0 aliphatic carbocycles. The molecule has 146 valence electrons. The van der Waals surface area contributed by atoms with Crippen molar-refractivity contribution >= 4 is 32.7 Å². The van der Waals surface area contributed by atoms with Crippen molar-refractivity contribution in [1.29, 1.82) is 0 Å². The summed E-state index contributed by atoms with van der Waals surface area (Å²) < 4.78 is 1.76. The Balaban J connectivity index is 1.21. The molecule has 0 saturated carbocycles. The predicted molar refractivity (Wildman–Crippen MR) is 111 cm³/mol. The largest absolute Gasteiger partial charge is 0.344 e. The van der Waals surface area contributed by atoms with Gasteiger partial charge >= 0.3 is 0 Å². The molecular weight excluding hydrogens is 386 g/mol. The second kappa shape index (κ2) is 7.59. The minimum absolute atomic E-state index is 0.0722. The van der Waals surface area contributed by atoms with Gasteiger partial charge in [-0.3, -0.25) is 4.79 Å². The number of hydrogen-bond donors (Lipinski definition) is 0. The van der Waals surface area contributed by atoms with Gasteiger partial charge in [-0.2, -0.15) is 5.10 Å². The van der Waals surface area contributed by atoms with E-state index in [2.05, 4.69) is 25.0 Å². The van der Waals surface area contributed by atoms with Gasteiger partial charge in [0, 0.05) is 37.9 Å². The number of hydrogen-bond acceptors (Lipinski definition) is 7. The molecule has 0 unspecified atom stereocenters. The van der Waals surface area contributed by atoms with Crippen molar-refractivity contribution in [3.05, 3.63) is 66.4 Å². The molecule has 4 heterocycles. The van der Waals surface area contributed by atoms with Crippen molar-refractivity contribution in [1.82, 2.24) is 29.6 Å². The Morgan fingerprint density at radius 2 is 1.90 bits per heavy atom. The Bertz CT molecular complexity index is 1080. The highest BCUT2D eigenvalue weighted by atomic mass is 32.1. The van der Waals surface area contributed by atoms with E-state index in [1.807, 2.05) is 41.3 Å². The summed E-state index contributed by atoms with van der Waals surface area (Å²) in [5.74, 6) is 0.0722. The Morgan fingerprint density at radius 1 is 1.07 bits per heavy atom. The number of carbonyl (C=O) groups excluding carboxylic acids is 1. The predicted octanol–water partition coefficient (Wildman–Crippen LogP) is 2.29. The van der Waals surface area contributed by atoms with Crippen molar-refractivity contribution in [2.75, 3.05) is 31.1 Å². The second-order valence-electron chi connectivity index (χ2n) is 6.89. The zero-order valence-corrected chi connectivity index (χ0v) is 16.5. The van der Waals surface area contributed by atoms with Crippen molar-refractivity contribution in [2.24, 2.45) is 0 Å². The summed E-state index contributed by atoms with van der Waals surface area (Å²) in [6.45, 7) is 3.56. The highest BCUT2D eigenvalue weighted by Gasteiger charge is 2.24. The van der Waals surface area contributed by atoms with Gasteiger partial charge in [-0.15, -0.1) is 0 Å². The van der Waals surface area contributed by atoms with Crippen LogP contribution in [0.2, 0.25) is 0 Å². The van der Waals surface area contributed by atoms with Crippen molar-refractivity contribution in [3.8, 4) is 0 Å². The molecule has 1 fully saturated rings. The maximum absolute atomic E-state index is 12.9. The van der Waals surface area contributed by atoms with Crippen LogP contribution in [0.4, 0.5) is 5.13 Å². The number of rotatable bonds is 4. The summed E-state index contributed by atoms with van der Waals surface area (Å²) in [5.41, 5.74) is 2.73. The third kappa shape index (κ3) is 3.68. The number of carbonyl (C=O) groups is 1. The number of amides is 1. The fraction of sp³-hybridized carbons (Fsp3) is 0.250.